The molecule has 0 aliphatic carbocycles. The van der Waals surface area contributed by atoms with Gasteiger partial charge in [-0.05, 0) is 64.0 Å². The molecule has 1 amide bonds. The summed E-state index contributed by atoms with van der Waals surface area (Å²) in [6.07, 6.45) is 11.8. The number of nitrogens with one attached hydrogen (secondary N) is 3. The van der Waals surface area contributed by atoms with Crippen LogP contribution in [-0.2, 0) is 4.79 Å². The molecule has 0 atom stereocenters. The largest absolute Gasteiger partial charge is 0.357 e. The lowest BCUT2D eigenvalue weighted by molar-refractivity contribution is -0.114. The highest BCUT2D eigenvalue weighted by Crippen LogP contribution is 2.10. The predicted molar refractivity (Wildman–Crippen MR) is 132 cm³/mol. The molecule has 1 heterocycles. The van der Waals surface area contributed by atoms with Crippen molar-refractivity contribution in [2.45, 2.75) is 39.0 Å². The molecule has 0 spiro atoms. The lowest BCUT2D eigenvalue weighted by Gasteiger charge is -2.20. The van der Waals surface area contributed by atoms with Crippen LogP contribution in [0, 0.1) is 12.3 Å². The molecule has 1 saturated heterocycles. The lowest BCUT2D eigenvalue weighted by Crippen LogP contribution is -2.39. The summed E-state index contributed by atoms with van der Waals surface area (Å²) in [7, 11) is 0. The van der Waals surface area contributed by atoms with Crippen molar-refractivity contribution in [1.82, 2.24) is 15.5 Å². The van der Waals surface area contributed by atoms with Crippen LogP contribution in [0.15, 0.2) is 29.3 Å². The van der Waals surface area contributed by atoms with E-state index in [-0.39, 0.29) is 36.4 Å². The number of halogens is 1. The van der Waals surface area contributed by atoms with Crippen molar-refractivity contribution in [1.29, 1.82) is 0 Å². The first-order valence-corrected chi connectivity index (χ1v) is 10.3. The van der Waals surface area contributed by atoms with Crippen molar-refractivity contribution in [2.75, 3.05) is 44.6 Å². The van der Waals surface area contributed by atoms with Crippen molar-refractivity contribution < 1.29 is 4.79 Å². The van der Waals surface area contributed by atoms with Gasteiger partial charge >= 0.3 is 0 Å². The number of likely N-dealkylation sites (tertiary alicyclic amines) is 1. The maximum absolute atomic E-state index is 12.2. The molecule has 0 aromatic heterocycles. The monoisotopic (exact) mass is 511 g/mol. The number of carbonyl (C=O) groups excluding carboxylic acids is 1. The van der Waals surface area contributed by atoms with Crippen LogP contribution < -0.4 is 16.0 Å². The molecule has 2 rings (SSSR count). The van der Waals surface area contributed by atoms with Crippen LogP contribution in [0.2, 0.25) is 0 Å². The average Bonchev–Trinajstić information content (AvgIpc) is 2.98. The summed E-state index contributed by atoms with van der Waals surface area (Å²) in [6.45, 7) is 7.21. The van der Waals surface area contributed by atoms with E-state index in [0.29, 0.717) is 11.6 Å². The van der Waals surface area contributed by atoms with E-state index in [1.54, 1.807) is 6.07 Å². The first-order valence-electron chi connectivity index (χ1n) is 10.3. The third-order valence-electron chi connectivity index (χ3n) is 4.68. The molecule has 1 aromatic rings. The van der Waals surface area contributed by atoms with Gasteiger partial charge < -0.3 is 20.9 Å². The number of nitrogens with zero attached hydrogens (tertiary/aromatic N) is 2. The molecule has 1 aliphatic heterocycles. The summed E-state index contributed by atoms with van der Waals surface area (Å²) >= 11 is 0. The number of carbonyl (C=O) groups is 1. The minimum Gasteiger partial charge on any atom is -0.357 e. The Balaban J connectivity index is 0.00000420. The highest BCUT2D eigenvalue weighted by molar-refractivity contribution is 14.0. The zero-order chi connectivity index (χ0) is 20.0. The van der Waals surface area contributed by atoms with E-state index >= 15 is 0 Å². The smallest absolute Gasteiger partial charge is 0.246 e. The van der Waals surface area contributed by atoms with E-state index in [1.807, 2.05) is 25.1 Å². The van der Waals surface area contributed by atoms with E-state index in [4.69, 9.17) is 6.42 Å². The Hall–Kier alpha value is -1.79. The highest BCUT2D eigenvalue weighted by Gasteiger charge is 2.08. The Morgan fingerprint density at radius 1 is 1.21 bits per heavy atom. The van der Waals surface area contributed by atoms with Crippen molar-refractivity contribution in [3.8, 4) is 12.3 Å². The molecule has 1 fully saturated rings. The second-order valence-corrected chi connectivity index (χ2v) is 7.00. The number of benzene rings is 1. The predicted octanol–water partition coefficient (Wildman–Crippen LogP) is 3.05. The van der Waals surface area contributed by atoms with Crippen molar-refractivity contribution in [3.05, 3.63) is 29.8 Å². The Bertz CT molecular complexity index is 678. The van der Waals surface area contributed by atoms with Gasteiger partial charge in [0, 0.05) is 24.3 Å². The lowest BCUT2D eigenvalue weighted by atomic mass is 10.2. The maximum atomic E-state index is 12.2. The molecule has 29 heavy (non-hydrogen) atoms. The number of rotatable bonds is 8. The SMILES string of the molecule is C#Cc1cccc(NC(=O)CN=C(NCC)NCCCN2CCCCCC2)c1.I. The fourth-order valence-electron chi connectivity index (χ4n) is 3.25. The fourth-order valence-corrected chi connectivity index (χ4v) is 3.25. The number of guanidine groups is 1. The molecule has 7 heteroatoms. The van der Waals surface area contributed by atoms with E-state index in [2.05, 4.69) is 31.8 Å². The number of hydrogen-bond donors (Lipinski definition) is 3. The van der Waals surface area contributed by atoms with Crippen molar-refractivity contribution in [2.24, 2.45) is 4.99 Å². The van der Waals surface area contributed by atoms with Crippen LogP contribution in [0.25, 0.3) is 0 Å². The topological polar surface area (TPSA) is 68.8 Å². The van der Waals surface area contributed by atoms with Gasteiger partial charge in [0.1, 0.15) is 6.54 Å². The molecule has 1 aliphatic rings. The van der Waals surface area contributed by atoms with Crippen LogP contribution in [0.4, 0.5) is 5.69 Å². The minimum absolute atomic E-state index is 0. The van der Waals surface area contributed by atoms with Gasteiger partial charge in [0.25, 0.3) is 0 Å². The van der Waals surface area contributed by atoms with Crippen LogP contribution in [0.3, 0.4) is 0 Å². The van der Waals surface area contributed by atoms with Crippen molar-refractivity contribution in [3.63, 3.8) is 0 Å². The Labute approximate surface area is 192 Å². The second kappa shape index (κ2) is 15.1. The van der Waals surface area contributed by atoms with Gasteiger partial charge in [-0.25, -0.2) is 4.99 Å². The normalized spacial score (nSPS) is 14.8. The summed E-state index contributed by atoms with van der Waals surface area (Å²) in [4.78, 5) is 19.1. The molecule has 0 radical (unpaired) electrons. The standard InChI is InChI=1S/C22H33N5O.HI/c1-3-19-11-9-12-20(17-19)26-21(28)18-25-22(23-4-2)24-13-10-16-27-14-7-5-6-8-15-27;/h1,9,11-12,17H,4-8,10,13-16,18H2,2H3,(H,26,28)(H2,23,24,25);1H. The van der Waals surface area contributed by atoms with Gasteiger partial charge in [-0.15, -0.1) is 30.4 Å². The summed E-state index contributed by atoms with van der Waals surface area (Å²) in [6, 6.07) is 7.24. The second-order valence-electron chi connectivity index (χ2n) is 7.00. The van der Waals surface area contributed by atoms with Gasteiger partial charge in [0.05, 0.1) is 0 Å². The van der Waals surface area contributed by atoms with Crippen molar-refractivity contribution >= 4 is 41.5 Å². The zero-order valence-corrected chi connectivity index (χ0v) is 19.7. The molecule has 3 N–H and O–H groups in total. The molecule has 0 unspecified atom stereocenters. The Morgan fingerprint density at radius 3 is 2.66 bits per heavy atom. The fraction of sp³-hybridized carbons (Fsp3) is 0.545. The van der Waals surface area contributed by atoms with E-state index in [9.17, 15) is 4.79 Å². The first-order chi connectivity index (χ1) is 13.7. The number of aliphatic imine (C=N–C) groups is 1. The molecule has 0 bridgehead atoms. The van der Waals surface area contributed by atoms with Gasteiger partial charge in [-0.2, -0.15) is 0 Å². The van der Waals surface area contributed by atoms with Gasteiger partial charge in [-0.1, -0.05) is 24.8 Å². The van der Waals surface area contributed by atoms with Gasteiger partial charge in [0.15, 0.2) is 5.96 Å². The third kappa shape index (κ3) is 10.5. The Morgan fingerprint density at radius 2 is 1.97 bits per heavy atom. The number of terminal acetylenes is 1. The molecule has 6 nitrogen and oxygen atoms in total. The molecule has 160 valence electrons. The molecular weight excluding hydrogens is 477 g/mol. The van der Waals surface area contributed by atoms with Crippen LogP contribution in [-0.4, -0.2) is 56.0 Å². The van der Waals surface area contributed by atoms with Gasteiger partial charge in [-0.3, -0.25) is 4.79 Å². The van der Waals surface area contributed by atoms with E-state index in [0.717, 1.165) is 31.6 Å². The summed E-state index contributed by atoms with van der Waals surface area (Å²) in [5, 5.41) is 9.33. The minimum atomic E-state index is -0.170. The maximum Gasteiger partial charge on any atom is 0.246 e. The summed E-state index contributed by atoms with van der Waals surface area (Å²) in [5.74, 6) is 3.06. The number of amides is 1. The molecular formula is C22H34IN5O. The number of hydrogen-bond acceptors (Lipinski definition) is 3. The summed E-state index contributed by atoms with van der Waals surface area (Å²) in [5.41, 5.74) is 1.42. The highest BCUT2D eigenvalue weighted by atomic mass is 127. The quantitative estimate of drug-likeness (QED) is 0.165. The molecule has 0 saturated carbocycles. The number of anilines is 1. The average molecular weight is 511 g/mol. The van der Waals surface area contributed by atoms with Gasteiger partial charge in [0.2, 0.25) is 5.91 Å². The first kappa shape index (κ1) is 25.2. The molecule has 1 aromatic carbocycles. The van der Waals surface area contributed by atoms with E-state index in [1.165, 1.54) is 38.8 Å². The zero-order valence-electron chi connectivity index (χ0n) is 17.4. The van der Waals surface area contributed by atoms with E-state index < -0.39 is 0 Å². The van der Waals surface area contributed by atoms with Crippen LogP contribution in [0.5, 0.6) is 0 Å². The van der Waals surface area contributed by atoms with Crippen LogP contribution >= 0.6 is 24.0 Å². The Kier molecular flexibility index (Phi) is 13.1. The summed E-state index contributed by atoms with van der Waals surface area (Å²) < 4.78 is 0. The van der Waals surface area contributed by atoms with Crippen LogP contribution in [0.1, 0.15) is 44.6 Å². The third-order valence-corrected chi connectivity index (χ3v) is 4.68.